The van der Waals surface area contributed by atoms with Gasteiger partial charge in [0.1, 0.15) is 0 Å². The van der Waals surface area contributed by atoms with Crippen molar-refractivity contribution in [2.45, 2.75) is 6.92 Å². The van der Waals surface area contributed by atoms with Gasteiger partial charge in [0.2, 0.25) is 0 Å². The van der Waals surface area contributed by atoms with Crippen molar-refractivity contribution in [2.75, 3.05) is 17.7 Å². The molecule has 0 unspecified atom stereocenters. The summed E-state index contributed by atoms with van der Waals surface area (Å²) in [5.41, 5.74) is 2.30. The highest BCUT2D eigenvalue weighted by Crippen LogP contribution is 2.33. The van der Waals surface area contributed by atoms with Crippen LogP contribution in [0.5, 0.6) is 0 Å². The van der Waals surface area contributed by atoms with Crippen molar-refractivity contribution >= 4 is 52.1 Å². The maximum atomic E-state index is 12.4. The van der Waals surface area contributed by atoms with Gasteiger partial charge in [-0.15, -0.1) is 0 Å². The van der Waals surface area contributed by atoms with Crippen LogP contribution in [0.3, 0.4) is 0 Å². The number of benzene rings is 2. The van der Waals surface area contributed by atoms with E-state index in [0.717, 1.165) is 5.56 Å². The van der Waals surface area contributed by atoms with Crippen LogP contribution in [0, 0.1) is 6.92 Å². The number of nitrogens with one attached hydrogen (secondary N) is 2. The van der Waals surface area contributed by atoms with Crippen molar-refractivity contribution in [3.8, 4) is 0 Å². The molecule has 0 fully saturated rings. The summed E-state index contributed by atoms with van der Waals surface area (Å²) in [4.78, 5) is 12.4. The van der Waals surface area contributed by atoms with Gasteiger partial charge in [-0.2, -0.15) is 0 Å². The summed E-state index contributed by atoms with van der Waals surface area (Å²) in [7, 11) is 1.73. The minimum absolute atomic E-state index is 0.337. The van der Waals surface area contributed by atoms with Gasteiger partial charge in [-0.25, -0.2) is 0 Å². The SMILES string of the molecule is CNc1ccc(Cl)cc1C(=O)Nc1c(Cl)ccc(C)c1Cl. The minimum atomic E-state index is -0.337. The van der Waals surface area contributed by atoms with Gasteiger partial charge in [0.05, 0.1) is 21.3 Å². The Labute approximate surface area is 138 Å². The average molecular weight is 344 g/mol. The van der Waals surface area contributed by atoms with Gasteiger partial charge in [0.25, 0.3) is 5.91 Å². The number of carbonyl (C=O) groups is 1. The van der Waals surface area contributed by atoms with Crippen molar-refractivity contribution < 1.29 is 4.79 Å². The minimum Gasteiger partial charge on any atom is -0.387 e. The van der Waals surface area contributed by atoms with Crippen LogP contribution >= 0.6 is 34.8 Å². The van der Waals surface area contributed by atoms with Gasteiger partial charge in [-0.3, -0.25) is 4.79 Å². The molecular weight excluding hydrogens is 331 g/mol. The number of rotatable bonds is 3. The molecule has 0 saturated carbocycles. The molecule has 1 amide bonds. The summed E-state index contributed by atoms with van der Waals surface area (Å²) in [5, 5.41) is 6.96. The van der Waals surface area contributed by atoms with Gasteiger partial charge in [-0.05, 0) is 36.8 Å². The lowest BCUT2D eigenvalue weighted by molar-refractivity contribution is 0.102. The first kappa shape index (κ1) is 16.0. The van der Waals surface area contributed by atoms with E-state index in [4.69, 9.17) is 34.8 Å². The van der Waals surface area contributed by atoms with Gasteiger partial charge >= 0.3 is 0 Å². The van der Waals surface area contributed by atoms with Crippen molar-refractivity contribution in [1.82, 2.24) is 0 Å². The summed E-state index contributed by atoms with van der Waals surface area (Å²) in [6, 6.07) is 8.50. The fourth-order valence-corrected chi connectivity index (χ4v) is 2.51. The third-order valence-electron chi connectivity index (χ3n) is 3.02. The molecule has 2 aromatic rings. The average Bonchev–Trinajstić information content (AvgIpc) is 2.47. The van der Waals surface area contributed by atoms with Crippen molar-refractivity contribution in [2.24, 2.45) is 0 Å². The first-order valence-corrected chi connectivity index (χ1v) is 7.30. The summed E-state index contributed by atoms with van der Waals surface area (Å²) in [6.45, 7) is 1.84. The standard InChI is InChI=1S/C15H13Cl3N2O/c1-8-3-5-11(17)14(13(8)18)20-15(21)10-7-9(16)4-6-12(10)19-2/h3-7,19H,1-2H3,(H,20,21). The summed E-state index contributed by atoms with van der Waals surface area (Å²) in [5.74, 6) is -0.337. The second kappa shape index (κ2) is 6.56. The van der Waals surface area contributed by atoms with Crippen LogP contribution < -0.4 is 10.6 Å². The van der Waals surface area contributed by atoms with Crippen LogP contribution in [-0.2, 0) is 0 Å². The van der Waals surface area contributed by atoms with E-state index in [9.17, 15) is 4.79 Å². The molecule has 2 aromatic carbocycles. The number of hydrogen-bond acceptors (Lipinski definition) is 2. The molecule has 0 aliphatic heterocycles. The Hall–Kier alpha value is -1.42. The molecule has 0 bridgehead atoms. The number of carbonyl (C=O) groups excluding carboxylic acids is 1. The lowest BCUT2D eigenvalue weighted by Gasteiger charge is -2.13. The Bertz CT molecular complexity index is 702. The third-order valence-corrected chi connectivity index (χ3v) is 4.06. The largest absolute Gasteiger partial charge is 0.387 e. The van der Waals surface area contributed by atoms with E-state index in [2.05, 4.69) is 10.6 Å². The normalized spacial score (nSPS) is 10.3. The number of hydrogen-bond donors (Lipinski definition) is 2. The fourth-order valence-electron chi connectivity index (χ4n) is 1.87. The molecule has 0 aliphatic carbocycles. The van der Waals surface area contributed by atoms with Crippen LogP contribution in [0.1, 0.15) is 15.9 Å². The van der Waals surface area contributed by atoms with Crippen LogP contribution in [0.4, 0.5) is 11.4 Å². The van der Waals surface area contributed by atoms with Crippen LogP contribution in [0.2, 0.25) is 15.1 Å². The van der Waals surface area contributed by atoms with Crippen molar-refractivity contribution in [1.29, 1.82) is 0 Å². The van der Waals surface area contributed by atoms with Crippen molar-refractivity contribution in [3.05, 3.63) is 56.5 Å². The van der Waals surface area contributed by atoms with Gasteiger partial charge in [0.15, 0.2) is 0 Å². The molecule has 2 rings (SSSR count). The van der Waals surface area contributed by atoms with E-state index < -0.39 is 0 Å². The molecule has 0 heterocycles. The third kappa shape index (κ3) is 3.43. The Balaban J connectivity index is 2.39. The summed E-state index contributed by atoms with van der Waals surface area (Å²) in [6.07, 6.45) is 0. The fraction of sp³-hybridized carbons (Fsp3) is 0.133. The molecule has 0 spiro atoms. The molecule has 0 aliphatic rings. The molecule has 110 valence electrons. The monoisotopic (exact) mass is 342 g/mol. The highest BCUT2D eigenvalue weighted by Gasteiger charge is 2.16. The van der Waals surface area contributed by atoms with Crippen LogP contribution in [0.15, 0.2) is 30.3 Å². The zero-order valence-corrected chi connectivity index (χ0v) is 13.7. The van der Waals surface area contributed by atoms with E-state index in [-0.39, 0.29) is 5.91 Å². The molecule has 0 saturated heterocycles. The molecule has 0 atom stereocenters. The molecule has 0 radical (unpaired) electrons. The van der Waals surface area contributed by atoms with Gasteiger partial charge in [0, 0.05) is 17.8 Å². The van der Waals surface area contributed by atoms with E-state index in [1.807, 2.05) is 6.92 Å². The first-order chi connectivity index (χ1) is 9.93. The molecular formula is C15H13Cl3N2O. The van der Waals surface area contributed by atoms with Crippen molar-refractivity contribution in [3.63, 3.8) is 0 Å². The quantitative estimate of drug-likeness (QED) is 0.799. The lowest BCUT2D eigenvalue weighted by Crippen LogP contribution is -2.15. The molecule has 6 heteroatoms. The first-order valence-electron chi connectivity index (χ1n) is 6.17. The predicted molar refractivity (Wildman–Crippen MR) is 90.2 cm³/mol. The highest BCUT2D eigenvalue weighted by molar-refractivity contribution is 6.40. The number of amides is 1. The Morgan fingerprint density at radius 1 is 1.10 bits per heavy atom. The molecule has 21 heavy (non-hydrogen) atoms. The maximum absolute atomic E-state index is 12.4. The second-order valence-electron chi connectivity index (χ2n) is 4.45. The number of halogens is 3. The Kier molecular flexibility index (Phi) is 4.99. The van der Waals surface area contributed by atoms with E-state index >= 15 is 0 Å². The number of aryl methyl sites for hydroxylation is 1. The maximum Gasteiger partial charge on any atom is 0.257 e. The molecule has 3 nitrogen and oxygen atoms in total. The smallest absolute Gasteiger partial charge is 0.257 e. The summed E-state index contributed by atoms with van der Waals surface area (Å²) < 4.78 is 0. The molecule has 2 N–H and O–H groups in total. The predicted octanol–water partition coefficient (Wildman–Crippen LogP) is 5.25. The van der Waals surface area contributed by atoms with Gasteiger partial charge in [-0.1, -0.05) is 40.9 Å². The topological polar surface area (TPSA) is 41.1 Å². The number of anilines is 2. The Morgan fingerprint density at radius 2 is 1.81 bits per heavy atom. The van der Waals surface area contributed by atoms with E-state index in [1.54, 1.807) is 37.4 Å². The van der Waals surface area contributed by atoms with E-state index in [0.29, 0.717) is 32.0 Å². The van der Waals surface area contributed by atoms with Crippen LogP contribution in [-0.4, -0.2) is 13.0 Å². The Morgan fingerprint density at radius 3 is 2.48 bits per heavy atom. The van der Waals surface area contributed by atoms with Gasteiger partial charge < -0.3 is 10.6 Å². The highest BCUT2D eigenvalue weighted by atomic mass is 35.5. The van der Waals surface area contributed by atoms with E-state index in [1.165, 1.54) is 0 Å². The molecule has 0 aromatic heterocycles. The zero-order valence-electron chi connectivity index (χ0n) is 11.4. The van der Waals surface area contributed by atoms with Crippen LogP contribution in [0.25, 0.3) is 0 Å². The second-order valence-corrected chi connectivity index (χ2v) is 5.67. The lowest BCUT2D eigenvalue weighted by atomic mass is 10.1. The summed E-state index contributed by atoms with van der Waals surface area (Å²) >= 11 is 18.2. The zero-order chi connectivity index (χ0) is 15.6.